The van der Waals surface area contributed by atoms with Crippen molar-refractivity contribution in [2.75, 3.05) is 26.2 Å². The van der Waals surface area contributed by atoms with Crippen molar-refractivity contribution in [3.8, 4) is 0 Å². The van der Waals surface area contributed by atoms with Crippen LogP contribution >= 0.6 is 0 Å². The van der Waals surface area contributed by atoms with Crippen molar-refractivity contribution in [3.05, 3.63) is 0 Å². The van der Waals surface area contributed by atoms with E-state index in [-0.39, 0.29) is 0 Å². The molecule has 0 radical (unpaired) electrons. The summed E-state index contributed by atoms with van der Waals surface area (Å²) in [6.45, 7) is 6.17. The van der Waals surface area contributed by atoms with Gasteiger partial charge in [0, 0.05) is 32.4 Å². The predicted molar refractivity (Wildman–Crippen MR) is 38.6 cm³/mol. The topological polar surface area (TPSA) is 27.6 Å². The Morgan fingerprint density at radius 1 is 1.44 bits per heavy atom. The smallest absolute Gasteiger partial charge is 0.0485 e. The molecule has 3 nitrogen and oxygen atoms in total. The van der Waals surface area contributed by atoms with Crippen LogP contribution in [-0.2, 0) is 0 Å². The van der Waals surface area contributed by atoms with Gasteiger partial charge in [-0.25, -0.2) is 0 Å². The molecule has 0 bridgehead atoms. The van der Waals surface area contributed by atoms with Crippen LogP contribution in [-0.4, -0.2) is 37.4 Å². The van der Waals surface area contributed by atoms with E-state index in [9.17, 15) is 0 Å². The van der Waals surface area contributed by atoms with Crippen LogP contribution < -0.4 is 5.32 Å². The Balaban J connectivity index is 2.23. The maximum Gasteiger partial charge on any atom is 0.0485 e. The lowest BCUT2D eigenvalue weighted by Gasteiger charge is -2.23. The third kappa shape index (κ3) is 2.01. The highest BCUT2D eigenvalue weighted by Gasteiger charge is 2.03. The SMILES string of the molecule is C/C=N\N1CCNCC1. The monoisotopic (exact) mass is 127 g/mol. The number of hydrogen-bond donors (Lipinski definition) is 1. The number of hydrazone groups is 1. The van der Waals surface area contributed by atoms with Gasteiger partial charge in [0.25, 0.3) is 0 Å². The molecule has 1 saturated heterocycles. The number of piperazine rings is 1. The molecule has 1 N–H and O–H groups in total. The molecule has 52 valence electrons. The first-order chi connectivity index (χ1) is 4.43. The Morgan fingerprint density at radius 2 is 2.11 bits per heavy atom. The summed E-state index contributed by atoms with van der Waals surface area (Å²) in [7, 11) is 0. The van der Waals surface area contributed by atoms with Crippen molar-refractivity contribution >= 4 is 6.21 Å². The molecule has 0 spiro atoms. The molecule has 0 amide bonds. The predicted octanol–water partition coefficient (Wildman–Crippen LogP) is -0.103. The van der Waals surface area contributed by atoms with Crippen LogP contribution in [0.3, 0.4) is 0 Å². The summed E-state index contributed by atoms with van der Waals surface area (Å²) >= 11 is 0. The summed E-state index contributed by atoms with van der Waals surface area (Å²) in [4.78, 5) is 0. The average molecular weight is 127 g/mol. The summed E-state index contributed by atoms with van der Waals surface area (Å²) in [5.74, 6) is 0. The van der Waals surface area contributed by atoms with E-state index in [1.165, 1.54) is 0 Å². The van der Waals surface area contributed by atoms with Crippen LogP contribution in [0.1, 0.15) is 6.92 Å². The Kier molecular flexibility index (Phi) is 2.51. The third-order valence-corrected chi connectivity index (χ3v) is 1.37. The first kappa shape index (κ1) is 6.55. The van der Waals surface area contributed by atoms with Gasteiger partial charge in [0.05, 0.1) is 0 Å². The molecule has 1 fully saturated rings. The molecule has 0 aromatic rings. The maximum absolute atomic E-state index is 4.15. The summed E-state index contributed by atoms with van der Waals surface area (Å²) in [6, 6.07) is 0. The van der Waals surface area contributed by atoms with E-state index in [1.807, 2.05) is 13.1 Å². The molecule has 0 aliphatic carbocycles. The van der Waals surface area contributed by atoms with Gasteiger partial charge in [-0.3, -0.25) is 5.01 Å². The van der Waals surface area contributed by atoms with E-state index in [0.717, 1.165) is 26.2 Å². The molecule has 1 aliphatic rings. The summed E-state index contributed by atoms with van der Waals surface area (Å²) in [5, 5.41) is 9.49. The molecular weight excluding hydrogens is 114 g/mol. The normalized spacial score (nSPS) is 21.2. The fraction of sp³-hybridized carbons (Fsp3) is 0.833. The maximum atomic E-state index is 4.15. The van der Waals surface area contributed by atoms with E-state index in [1.54, 1.807) is 0 Å². The van der Waals surface area contributed by atoms with Crippen molar-refractivity contribution in [1.29, 1.82) is 0 Å². The first-order valence-electron chi connectivity index (χ1n) is 3.38. The number of rotatable bonds is 1. The Labute approximate surface area is 55.7 Å². The van der Waals surface area contributed by atoms with Crippen LogP contribution in [0.4, 0.5) is 0 Å². The highest BCUT2D eigenvalue weighted by molar-refractivity contribution is 5.52. The summed E-state index contributed by atoms with van der Waals surface area (Å²) in [5.41, 5.74) is 0. The van der Waals surface area contributed by atoms with E-state index < -0.39 is 0 Å². The van der Waals surface area contributed by atoms with Gasteiger partial charge in [-0.15, -0.1) is 0 Å². The minimum atomic E-state index is 1.05. The first-order valence-corrected chi connectivity index (χ1v) is 3.38. The second-order valence-electron chi connectivity index (χ2n) is 2.08. The minimum absolute atomic E-state index is 1.05. The zero-order chi connectivity index (χ0) is 6.53. The van der Waals surface area contributed by atoms with E-state index in [4.69, 9.17) is 0 Å². The van der Waals surface area contributed by atoms with Gasteiger partial charge in [-0.1, -0.05) is 0 Å². The van der Waals surface area contributed by atoms with Gasteiger partial charge in [0.15, 0.2) is 0 Å². The quantitative estimate of drug-likeness (QED) is 0.498. The lowest BCUT2D eigenvalue weighted by atomic mass is 10.4. The number of hydrogen-bond acceptors (Lipinski definition) is 3. The minimum Gasteiger partial charge on any atom is -0.313 e. The van der Waals surface area contributed by atoms with Crippen molar-refractivity contribution in [2.45, 2.75) is 6.92 Å². The molecule has 0 unspecified atom stereocenters. The Hall–Kier alpha value is -0.570. The van der Waals surface area contributed by atoms with Gasteiger partial charge >= 0.3 is 0 Å². The molecule has 1 rings (SSSR count). The van der Waals surface area contributed by atoms with Crippen molar-refractivity contribution in [3.63, 3.8) is 0 Å². The average Bonchev–Trinajstić information content (AvgIpc) is 1.91. The highest BCUT2D eigenvalue weighted by atomic mass is 15.5. The Bertz CT molecular complexity index is 94.5. The van der Waals surface area contributed by atoms with E-state index in [2.05, 4.69) is 15.4 Å². The zero-order valence-corrected chi connectivity index (χ0v) is 5.80. The Morgan fingerprint density at radius 3 is 2.67 bits per heavy atom. The standard InChI is InChI=1S/C6H13N3/c1-2-8-9-5-3-7-4-6-9/h2,7H,3-6H2,1H3/b8-2-. The molecule has 1 heterocycles. The molecule has 0 aromatic heterocycles. The van der Waals surface area contributed by atoms with E-state index in [0.29, 0.717) is 0 Å². The number of nitrogens with zero attached hydrogens (tertiary/aromatic N) is 2. The molecule has 0 atom stereocenters. The zero-order valence-electron chi connectivity index (χ0n) is 5.80. The van der Waals surface area contributed by atoms with Crippen molar-refractivity contribution in [2.24, 2.45) is 5.10 Å². The molecular formula is C6H13N3. The summed E-state index contributed by atoms with van der Waals surface area (Å²) < 4.78 is 0. The van der Waals surface area contributed by atoms with Crippen molar-refractivity contribution in [1.82, 2.24) is 10.3 Å². The fourth-order valence-corrected chi connectivity index (χ4v) is 0.932. The van der Waals surface area contributed by atoms with Crippen LogP contribution in [0.5, 0.6) is 0 Å². The number of nitrogens with one attached hydrogen (secondary N) is 1. The van der Waals surface area contributed by atoms with Gasteiger partial charge < -0.3 is 5.32 Å². The van der Waals surface area contributed by atoms with Gasteiger partial charge in [0.1, 0.15) is 0 Å². The molecule has 0 saturated carbocycles. The van der Waals surface area contributed by atoms with Crippen LogP contribution in [0.2, 0.25) is 0 Å². The van der Waals surface area contributed by atoms with Gasteiger partial charge in [-0.2, -0.15) is 5.10 Å². The van der Waals surface area contributed by atoms with Crippen LogP contribution in [0, 0.1) is 0 Å². The lowest BCUT2D eigenvalue weighted by Crippen LogP contribution is -2.40. The largest absolute Gasteiger partial charge is 0.313 e. The van der Waals surface area contributed by atoms with Crippen LogP contribution in [0.25, 0.3) is 0 Å². The van der Waals surface area contributed by atoms with Crippen LogP contribution in [0.15, 0.2) is 5.10 Å². The highest BCUT2D eigenvalue weighted by Crippen LogP contribution is 1.90. The fourth-order valence-electron chi connectivity index (χ4n) is 0.932. The second-order valence-corrected chi connectivity index (χ2v) is 2.08. The second kappa shape index (κ2) is 3.45. The molecule has 3 heteroatoms. The lowest BCUT2D eigenvalue weighted by molar-refractivity contribution is 0.253. The molecule has 9 heavy (non-hydrogen) atoms. The molecule has 0 aromatic carbocycles. The van der Waals surface area contributed by atoms with Gasteiger partial charge in [0.2, 0.25) is 0 Å². The summed E-state index contributed by atoms with van der Waals surface area (Å²) in [6.07, 6.45) is 1.84. The van der Waals surface area contributed by atoms with E-state index >= 15 is 0 Å². The van der Waals surface area contributed by atoms with Gasteiger partial charge in [-0.05, 0) is 6.92 Å². The van der Waals surface area contributed by atoms with Crippen molar-refractivity contribution < 1.29 is 0 Å². The third-order valence-electron chi connectivity index (χ3n) is 1.37. The molecule has 1 aliphatic heterocycles.